The zero-order valence-electron chi connectivity index (χ0n) is 18.6. The second-order valence-corrected chi connectivity index (χ2v) is 7.44. The minimum absolute atomic E-state index is 0.222. The van der Waals surface area contributed by atoms with Crippen molar-refractivity contribution in [2.24, 2.45) is 0 Å². The molecule has 0 fully saturated rings. The van der Waals surface area contributed by atoms with E-state index in [9.17, 15) is 9.59 Å². The number of aryl methyl sites for hydroxylation is 2. The van der Waals surface area contributed by atoms with Gasteiger partial charge in [0.25, 0.3) is 5.91 Å². The quantitative estimate of drug-likeness (QED) is 0.272. The van der Waals surface area contributed by atoms with Gasteiger partial charge < -0.3 is 14.8 Å². The van der Waals surface area contributed by atoms with Crippen LogP contribution in [0.1, 0.15) is 40.4 Å². The molecule has 0 aliphatic heterocycles. The highest BCUT2D eigenvalue weighted by molar-refractivity contribution is 6.04. The number of rotatable bonds is 8. The maximum absolute atomic E-state index is 12.5. The van der Waals surface area contributed by atoms with E-state index in [0.29, 0.717) is 17.9 Å². The summed E-state index contributed by atoms with van der Waals surface area (Å²) in [5, 5.41) is 2.92. The number of hydrogen-bond acceptors (Lipinski definition) is 4. The highest BCUT2D eigenvalue weighted by Gasteiger charge is 2.09. The predicted octanol–water partition coefficient (Wildman–Crippen LogP) is 5.96. The Kier molecular flexibility index (Phi) is 7.81. The normalized spacial score (nSPS) is 10.7. The Morgan fingerprint density at radius 3 is 2.47 bits per heavy atom. The van der Waals surface area contributed by atoms with E-state index >= 15 is 0 Å². The molecule has 0 radical (unpaired) electrons. The number of ether oxygens (including phenoxy) is 2. The fraction of sp³-hybridized carbons (Fsp3) is 0.185. The molecule has 0 atom stereocenters. The molecule has 5 heteroatoms. The number of carbonyl (C=O) groups excluding carboxylic acids is 2. The van der Waals surface area contributed by atoms with Crippen molar-refractivity contribution in [3.05, 3.63) is 95.1 Å². The van der Waals surface area contributed by atoms with Crippen LogP contribution < -0.4 is 14.8 Å². The first-order valence-corrected chi connectivity index (χ1v) is 10.6. The Bertz CT molecular complexity index is 1120. The van der Waals surface area contributed by atoms with Crippen LogP contribution in [0.5, 0.6) is 11.5 Å². The molecule has 0 heterocycles. The van der Waals surface area contributed by atoms with E-state index < -0.39 is 5.97 Å². The molecule has 0 spiro atoms. The van der Waals surface area contributed by atoms with Gasteiger partial charge in [0.15, 0.2) is 0 Å². The Morgan fingerprint density at radius 2 is 1.72 bits per heavy atom. The van der Waals surface area contributed by atoms with Crippen molar-refractivity contribution >= 4 is 23.6 Å². The third kappa shape index (κ3) is 6.32. The Labute approximate surface area is 188 Å². The number of para-hydroxylation sites is 1. The monoisotopic (exact) mass is 429 g/mol. The molecule has 0 saturated carbocycles. The fourth-order valence-corrected chi connectivity index (χ4v) is 3.01. The summed E-state index contributed by atoms with van der Waals surface area (Å²) in [5.74, 6) is 0.346. The van der Waals surface area contributed by atoms with Gasteiger partial charge in [-0.1, -0.05) is 37.3 Å². The molecule has 0 bridgehead atoms. The molecule has 5 nitrogen and oxygen atoms in total. The van der Waals surface area contributed by atoms with Gasteiger partial charge in [-0.3, -0.25) is 4.79 Å². The zero-order chi connectivity index (χ0) is 22.9. The molecule has 0 aliphatic carbocycles. The number of benzene rings is 3. The number of hydrogen-bond donors (Lipinski definition) is 1. The predicted molar refractivity (Wildman–Crippen MR) is 127 cm³/mol. The lowest BCUT2D eigenvalue weighted by molar-refractivity contribution is -0.128. The summed E-state index contributed by atoms with van der Waals surface area (Å²) in [6.07, 6.45) is 3.92. The number of nitrogens with one attached hydrogen (secondary N) is 1. The molecule has 164 valence electrons. The largest absolute Gasteiger partial charge is 0.493 e. The zero-order valence-corrected chi connectivity index (χ0v) is 18.6. The van der Waals surface area contributed by atoms with Crippen molar-refractivity contribution in [2.75, 3.05) is 11.9 Å². The van der Waals surface area contributed by atoms with E-state index in [1.165, 1.54) is 6.08 Å². The van der Waals surface area contributed by atoms with Crippen molar-refractivity contribution in [1.82, 2.24) is 0 Å². The average molecular weight is 430 g/mol. The Hall–Kier alpha value is -3.86. The van der Waals surface area contributed by atoms with Gasteiger partial charge in [-0.25, -0.2) is 4.79 Å². The smallest absolute Gasteiger partial charge is 0.336 e. The summed E-state index contributed by atoms with van der Waals surface area (Å²) in [6, 6.07) is 19.9. The molecule has 0 saturated heterocycles. The third-order valence-corrected chi connectivity index (χ3v) is 4.76. The highest BCUT2D eigenvalue weighted by atomic mass is 16.5. The van der Waals surface area contributed by atoms with E-state index in [1.54, 1.807) is 30.3 Å². The summed E-state index contributed by atoms with van der Waals surface area (Å²) in [7, 11) is 0. The highest BCUT2D eigenvalue weighted by Crippen LogP contribution is 2.21. The van der Waals surface area contributed by atoms with E-state index in [1.807, 2.05) is 63.2 Å². The van der Waals surface area contributed by atoms with Crippen LogP contribution in [0.3, 0.4) is 0 Å². The Balaban J connectivity index is 1.61. The molecule has 0 unspecified atom stereocenters. The van der Waals surface area contributed by atoms with Gasteiger partial charge in [0.05, 0.1) is 6.61 Å². The number of anilines is 1. The summed E-state index contributed by atoms with van der Waals surface area (Å²) in [4.78, 5) is 24.7. The van der Waals surface area contributed by atoms with Gasteiger partial charge >= 0.3 is 5.97 Å². The number of carbonyl (C=O) groups is 2. The van der Waals surface area contributed by atoms with Crippen LogP contribution in [-0.2, 0) is 4.79 Å². The second kappa shape index (κ2) is 11.0. The summed E-state index contributed by atoms with van der Waals surface area (Å²) in [6.45, 7) is 6.57. The third-order valence-electron chi connectivity index (χ3n) is 4.76. The summed E-state index contributed by atoms with van der Waals surface area (Å²) < 4.78 is 11.0. The van der Waals surface area contributed by atoms with Crippen molar-refractivity contribution in [2.45, 2.75) is 27.2 Å². The van der Waals surface area contributed by atoms with Crippen LogP contribution in [0.25, 0.3) is 6.08 Å². The van der Waals surface area contributed by atoms with Crippen molar-refractivity contribution < 1.29 is 19.1 Å². The van der Waals surface area contributed by atoms with Gasteiger partial charge in [0.2, 0.25) is 0 Å². The lowest BCUT2D eigenvalue weighted by atomic mass is 10.1. The lowest BCUT2D eigenvalue weighted by Crippen LogP contribution is -2.13. The number of esters is 1. The van der Waals surface area contributed by atoms with Crippen LogP contribution in [-0.4, -0.2) is 18.5 Å². The second-order valence-electron chi connectivity index (χ2n) is 7.44. The maximum atomic E-state index is 12.5. The first-order valence-electron chi connectivity index (χ1n) is 10.6. The summed E-state index contributed by atoms with van der Waals surface area (Å²) >= 11 is 0. The average Bonchev–Trinajstić information content (AvgIpc) is 2.79. The molecular formula is C27H27NO4. The molecule has 1 amide bonds. The number of amides is 1. The van der Waals surface area contributed by atoms with E-state index in [4.69, 9.17) is 9.47 Å². The lowest BCUT2D eigenvalue weighted by Gasteiger charge is -2.10. The summed E-state index contributed by atoms with van der Waals surface area (Å²) in [5.41, 5.74) is 4.11. The van der Waals surface area contributed by atoms with Crippen LogP contribution >= 0.6 is 0 Å². The van der Waals surface area contributed by atoms with Gasteiger partial charge in [0.1, 0.15) is 11.5 Å². The minimum Gasteiger partial charge on any atom is -0.493 e. The molecular weight excluding hydrogens is 402 g/mol. The first kappa shape index (κ1) is 22.8. The van der Waals surface area contributed by atoms with E-state index in [-0.39, 0.29) is 5.91 Å². The molecule has 0 aliphatic rings. The molecule has 0 aromatic heterocycles. The first-order chi connectivity index (χ1) is 15.5. The van der Waals surface area contributed by atoms with Crippen molar-refractivity contribution in [3.63, 3.8) is 0 Å². The molecule has 1 N–H and O–H groups in total. The van der Waals surface area contributed by atoms with Gasteiger partial charge in [-0.05, 0) is 73.9 Å². The Morgan fingerprint density at radius 1 is 0.969 bits per heavy atom. The van der Waals surface area contributed by atoms with Crippen molar-refractivity contribution in [1.29, 1.82) is 0 Å². The van der Waals surface area contributed by atoms with E-state index in [2.05, 4.69) is 5.32 Å². The van der Waals surface area contributed by atoms with Crippen LogP contribution in [0.2, 0.25) is 0 Å². The molecule has 3 rings (SSSR count). The van der Waals surface area contributed by atoms with Crippen molar-refractivity contribution in [3.8, 4) is 11.5 Å². The molecule has 3 aromatic rings. The maximum Gasteiger partial charge on any atom is 0.336 e. The van der Waals surface area contributed by atoms with Crippen LogP contribution in [0, 0.1) is 13.8 Å². The van der Waals surface area contributed by atoms with Crippen LogP contribution in [0.4, 0.5) is 5.69 Å². The molecule has 32 heavy (non-hydrogen) atoms. The molecule has 3 aromatic carbocycles. The minimum atomic E-state index is -0.511. The van der Waals surface area contributed by atoms with Gasteiger partial charge in [-0.2, -0.15) is 0 Å². The van der Waals surface area contributed by atoms with Gasteiger partial charge in [-0.15, -0.1) is 0 Å². The van der Waals surface area contributed by atoms with E-state index in [0.717, 1.165) is 34.5 Å². The van der Waals surface area contributed by atoms with Crippen LogP contribution in [0.15, 0.2) is 72.8 Å². The SMILES string of the molecule is CCCOc1ccccc1/C=C/C(=O)Oc1ccc(C(=O)Nc2cc(C)ccc2C)cc1. The topological polar surface area (TPSA) is 64.6 Å². The fourth-order valence-electron chi connectivity index (χ4n) is 3.01. The van der Waals surface area contributed by atoms with Gasteiger partial charge in [0, 0.05) is 22.9 Å². The standard InChI is InChI=1S/C27H27NO4/c1-4-17-31-25-8-6-5-7-21(25)13-16-26(29)32-23-14-11-22(12-15-23)27(30)28-24-18-19(2)9-10-20(24)3/h5-16,18H,4,17H2,1-3H3,(H,28,30)/b16-13+.